The van der Waals surface area contributed by atoms with E-state index in [0.717, 1.165) is 19.3 Å². The minimum Gasteiger partial charge on any atom is -0.465 e. The van der Waals surface area contributed by atoms with Crippen molar-refractivity contribution in [2.45, 2.75) is 200 Å². The van der Waals surface area contributed by atoms with Crippen molar-refractivity contribution in [1.29, 1.82) is 0 Å². The molecule has 0 rings (SSSR count). The Morgan fingerprint density at radius 2 is 0.875 bits per heavy atom. The van der Waals surface area contributed by atoms with Gasteiger partial charge in [0, 0.05) is 0 Å². The van der Waals surface area contributed by atoms with Gasteiger partial charge in [-0.15, -0.1) is 13.2 Å². The topological polar surface area (TPSA) is 26.3 Å². The molecule has 0 aliphatic rings. The van der Waals surface area contributed by atoms with Crippen molar-refractivity contribution in [3.63, 3.8) is 0 Å². The van der Waals surface area contributed by atoms with Crippen molar-refractivity contribution in [3.05, 3.63) is 25.3 Å². The van der Waals surface area contributed by atoms with Gasteiger partial charge in [0.25, 0.3) is 0 Å². The molecule has 0 amide bonds. The van der Waals surface area contributed by atoms with E-state index in [1.54, 1.807) is 6.08 Å². The second-order valence-corrected chi connectivity index (χ2v) is 12.4. The Kier molecular flexibility index (Phi) is 33.3. The summed E-state index contributed by atoms with van der Waals surface area (Å²) >= 11 is 0. The summed E-state index contributed by atoms with van der Waals surface area (Å²) in [4.78, 5) is 12.4. The van der Waals surface area contributed by atoms with Crippen LogP contribution < -0.4 is 0 Å². The number of carbonyl (C=O) groups excluding carboxylic acids is 1. The number of carbonyl (C=O) groups is 1. The molecular formula is C38H72O2. The van der Waals surface area contributed by atoms with Crippen LogP contribution in [0.1, 0.15) is 200 Å². The molecule has 0 aromatic rings. The molecule has 0 radical (unpaired) electrons. The molecular weight excluding hydrogens is 488 g/mol. The fraction of sp³-hybridized carbons (Fsp3) is 0.868. The summed E-state index contributed by atoms with van der Waals surface area (Å²) in [6, 6.07) is 0. The minimum atomic E-state index is -0.116. The number of esters is 1. The Hall–Kier alpha value is -1.05. The first-order chi connectivity index (χ1) is 19.8. The highest BCUT2D eigenvalue weighted by Crippen LogP contribution is 2.17. The summed E-state index contributed by atoms with van der Waals surface area (Å²) < 4.78 is 5.57. The molecule has 236 valence electrons. The molecule has 0 aliphatic carbocycles. The summed E-state index contributed by atoms with van der Waals surface area (Å²) in [6.07, 6.45) is 43.7. The van der Waals surface area contributed by atoms with Crippen LogP contribution in [0.15, 0.2) is 25.3 Å². The molecule has 2 heteroatoms. The van der Waals surface area contributed by atoms with Crippen molar-refractivity contribution in [3.8, 4) is 0 Å². The zero-order valence-corrected chi connectivity index (χ0v) is 27.4. The highest BCUT2D eigenvalue weighted by atomic mass is 16.5. The normalized spacial score (nSPS) is 11.9. The average molecular weight is 561 g/mol. The van der Waals surface area contributed by atoms with Crippen molar-refractivity contribution in [2.24, 2.45) is 5.92 Å². The SMILES string of the molecule is C=CCCCCCCCCCCCCCCCCOC(=O)C(C=C)CCCCCCCCCCCCCCCC. The lowest BCUT2D eigenvalue weighted by Crippen LogP contribution is -2.16. The van der Waals surface area contributed by atoms with Gasteiger partial charge in [-0.1, -0.05) is 186 Å². The first-order valence-corrected chi connectivity index (χ1v) is 18.2. The van der Waals surface area contributed by atoms with E-state index in [1.165, 1.54) is 173 Å². The molecule has 0 heterocycles. The van der Waals surface area contributed by atoms with E-state index in [0.29, 0.717) is 6.61 Å². The highest BCUT2D eigenvalue weighted by molar-refractivity contribution is 5.74. The average Bonchev–Trinajstić information content (AvgIpc) is 2.96. The lowest BCUT2D eigenvalue weighted by molar-refractivity contribution is -0.147. The van der Waals surface area contributed by atoms with Crippen LogP contribution in [0.5, 0.6) is 0 Å². The Morgan fingerprint density at radius 1 is 0.525 bits per heavy atom. The second-order valence-electron chi connectivity index (χ2n) is 12.4. The number of hydrogen-bond acceptors (Lipinski definition) is 2. The van der Waals surface area contributed by atoms with Gasteiger partial charge in [-0.25, -0.2) is 0 Å². The van der Waals surface area contributed by atoms with Crippen LogP contribution in [0.2, 0.25) is 0 Å². The maximum atomic E-state index is 12.4. The molecule has 0 aliphatic heterocycles. The van der Waals surface area contributed by atoms with Crippen molar-refractivity contribution >= 4 is 5.97 Å². The van der Waals surface area contributed by atoms with E-state index in [9.17, 15) is 4.79 Å². The van der Waals surface area contributed by atoms with Gasteiger partial charge in [0.05, 0.1) is 12.5 Å². The smallest absolute Gasteiger partial charge is 0.312 e. The van der Waals surface area contributed by atoms with Gasteiger partial charge in [-0.2, -0.15) is 0 Å². The van der Waals surface area contributed by atoms with Crippen molar-refractivity contribution < 1.29 is 9.53 Å². The number of unbranched alkanes of at least 4 members (excludes halogenated alkanes) is 27. The fourth-order valence-corrected chi connectivity index (χ4v) is 5.68. The molecule has 0 spiro atoms. The molecule has 0 aromatic heterocycles. The van der Waals surface area contributed by atoms with Crippen LogP contribution in [0.3, 0.4) is 0 Å². The van der Waals surface area contributed by atoms with E-state index >= 15 is 0 Å². The highest BCUT2D eigenvalue weighted by Gasteiger charge is 2.15. The molecule has 2 nitrogen and oxygen atoms in total. The van der Waals surface area contributed by atoms with Crippen molar-refractivity contribution in [2.75, 3.05) is 6.61 Å². The Bertz CT molecular complexity index is 526. The Labute approximate surface area is 252 Å². The fourth-order valence-electron chi connectivity index (χ4n) is 5.68. The van der Waals surface area contributed by atoms with E-state index in [4.69, 9.17) is 4.74 Å². The summed E-state index contributed by atoms with van der Waals surface area (Å²) in [5.74, 6) is -0.170. The molecule has 0 saturated carbocycles. The second kappa shape index (κ2) is 34.2. The van der Waals surface area contributed by atoms with E-state index in [1.807, 2.05) is 6.08 Å². The first-order valence-electron chi connectivity index (χ1n) is 18.2. The summed E-state index contributed by atoms with van der Waals surface area (Å²) in [7, 11) is 0. The minimum absolute atomic E-state index is 0.0542. The predicted molar refractivity (Wildman–Crippen MR) is 179 cm³/mol. The molecule has 40 heavy (non-hydrogen) atoms. The van der Waals surface area contributed by atoms with Gasteiger partial charge in [0.2, 0.25) is 0 Å². The molecule has 0 saturated heterocycles. The van der Waals surface area contributed by atoms with Crippen LogP contribution in [0, 0.1) is 5.92 Å². The molecule has 0 aromatic carbocycles. The third-order valence-electron chi connectivity index (χ3n) is 8.50. The Balaban J connectivity index is 3.39. The molecule has 1 unspecified atom stereocenters. The van der Waals surface area contributed by atoms with Gasteiger partial charge >= 0.3 is 5.97 Å². The standard InChI is InChI=1S/C38H72O2/c1-4-7-9-11-13-15-17-19-21-22-24-26-28-30-32-34-36-40-38(39)37(6-3)35-33-31-29-27-25-23-20-18-16-14-12-10-8-5-2/h4,6,37H,1,3,5,7-36H2,2H3. The van der Waals surface area contributed by atoms with Crippen LogP contribution in [0.4, 0.5) is 0 Å². The first kappa shape index (κ1) is 39.0. The quantitative estimate of drug-likeness (QED) is 0.0444. The number of hydrogen-bond donors (Lipinski definition) is 0. The van der Waals surface area contributed by atoms with E-state index < -0.39 is 0 Å². The molecule has 0 N–H and O–H groups in total. The zero-order valence-electron chi connectivity index (χ0n) is 27.4. The maximum absolute atomic E-state index is 12.4. The third-order valence-corrected chi connectivity index (χ3v) is 8.50. The van der Waals surface area contributed by atoms with Crippen LogP contribution in [-0.4, -0.2) is 12.6 Å². The van der Waals surface area contributed by atoms with Gasteiger partial charge in [-0.05, 0) is 25.7 Å². The van der Waals surface area contributed by atoms with Crippen LogP contribution in [-0.2, 0) is 9.53 Å². The predicted octanol–water partition coefficient (Wildman–Crippen LogP) is 13.2. The van der Waals surface area contributed by atoms with Gasteiger partial charge in [0.1, 0.15) is 0 Å². The number of rotatable bonds is 34. The lowest BCUT2D eigenvalue weighted by Gasteiger charge is -2.12. The van der Waals surface area contributed by atoms with Crippen molar-refractivity contribution in [1.82, 2.24) is 0 Å². The molecule has 1 atom stereocenters. The largest absolute Gasteiger partial charge is 0.465 e. The summed E-state index contributed by atoms with van der Waals surface area (Å²) in [5.41, 5.74) is 0. The zero-order chi connectivity index (χ0) is 29.2. The monoisotopic (exact) mass is 561 g/mol. The third kappa shape index (κ3) is 29.9. The van der Waals surface area contributed by atoms with Gasteiger partial charge in [0.15, 0.2) is 0 Å². The molecule has 0 fully saturated rings. The number of allylic oxidation sites excluding steroid dienone is 1. The van der Waals surface area contributed by atoms with Gasteiger partial charge in [-0.3, -0.25) is 4.79 Å². The molecule has 0 bridgehead atoms. The maximum Gasteiger partial charge on any atom is 0.312 e. The summed E-state index contributed by atoms with van der Waals surface area (Å²) in [6.45, 7) is 10.5. The lowest BCUT2D eigenvalue weighted by atomic mass is 10.00. The number of ether oxygens (including phenoxy) is 1. The summed E-state index contributed by atoms with van der Waals surface area (Å²) in [5, 5.41) is 0. The van der Waals surface area contributed by atoms with E-state index in [2.05, 4.69) is 20.1 Å². The Morgan fingerprint density at radius 3 is 1.25 bits per heavy atom. The van der Waals surface area contributed by atoms with Crippen LogP contribution in [0.25, 0.3) is 0 Å². The van der Waals surface area contributed by atoms with Crippen LogP contribution >= 0.6 is 0 Å². The van der Waals surface area contributed by atoms with Gasteiger partial charge < -0.3 is 4.74 Å². The van der Waals surface area contributed by atoms with E-state index in [-0.39, 0.29) is 11.9 Å².